The van der Waals surface area contributed by atoms with Crippen molar-refractivity contribution in [2.45, 2.75) is 26.4 Å². The van der Waals surface area contributed by atoms with Crippen molar-refractivity contribution in [1.82, 2.24) is 9.88 Å². The second-order valence-electron chi connectivity index (χ2n) is 6.94. The van der Waals surface area contributed by atoms with Crippen molar-refractivity contribution in [3.05, 3.63) is 35.1 Å². The average Bonchev–Trinajstić information content (AvgIpc) is 2.54. The lowest BCUT2D eigenvalue weighted by Gasteiger charge is -2.37. The van der Waals surface area contributed by atoms with Crippen LogP contribution in [0.15, 0.2) is 35.1 Å². The minimum Gasteiger partial charge on any atom is -0.444 e. The highest BCUT2D eigenvalue weighted by Gasteiger charge is 2.26. The lowest BCUT2D eigenvalue weighted by molar-refractivity contribution is 0.0241. The number of carbonyl (C=O) groups excluding carboxylic acids is 1. The number of hydrogen-bond acceptors (Lipinski definition) is 4. The smallest absolute Gasteiger partial charge is 0.410 e. The summed E-state index contributed by atoms with van der Waals surface area (Å²) < 4.78 is 6.50. The lowest BCUT2D eigenvalue weighted by Crippen LogP contribution is -2.50. The first-order valence-electron chi connectivity index (χ1n) is 8.10. The minimum absolute atomic E-state index is 0.230. The summed E-state index contributed by atoms with van der Waals surface area (Å²) in [6.45, 7) is 8.58. The van der Waals surface area contributed by atoms with Gasteiger partial charge in [-0.15, -0.1) is 0 Å². The number of hydrogen-bond donors (Lipinski definition) is 0. The number of nitrogens with zero attached hydrogens (tertiary/aromatic N) is 3. The zero-order valence-electron chi connectivity index (χ0n) is 14.3. The number of amides is 1. The predicted molar refractivity (Wildman–Crippen MR) is 99.5 cm³/mol. The highest BCUT2D eigenvalue weighted by atomic mass is 79.9. The maximum atomic E-state index is 12.2. The first kappa shape index (κ1) is 17.0. The Morgan fingerprint density at radius 2 is 1.83 bits per heavy atom. The quantitative estimate of drug-likeness (QED) is 0.735. The molecule has 3 rings (SSSR count). The van der Waals surface area contributed by atoms with Crippen molar-refractivity contribution in [2.75, 3.05) is 31.1 Å². The molecule has 1 amide bonds. The fraction of sp³-hybridized carbons (Fsp3) is 0.444. The van der Waals surface area contributed by atoms with Gasteiger partial charge in [0, 0.05) is 59.5 Å². The second kappa shape index (κ2) is 6.59. The van der Waals surface area contributed by atoms with Crippen LogP contribution in [0, 0.1) is 0 Å². The number of fused-ring (bicyclic) bond motifs is 1. The molecule has 0 aliphatic carbocycles. The fourth-order valence-corrected chi connectivity index (χ4v) is 3.32. The molecule has 2 heterocycles. The highest BCUT2D eigenvalue weighted by molar-refractivity contribution is 9.10. The van der Waals surface area contributed by atoms with E-state index in [0.717, 1.165) is 22.9 Å². The van der Waals surface area contributed by atoms with Gasteiger partial charge in [0.2, 0.25) is 0 Å². The predicted octanol–water partition coefficient (Wildman–Crippen LogP) is 4.05. The van der Waals surface area contributed by atoms with Crippen molar-refractivity contribution < 1.29 is 9.53 Å². The standard InChI is InChI=1S/C18H22BrN3O2/c1-18(2,3)24-17(23)22-10-8-21(9-11-22)16-5-4-15(19)14-12-20-7-6-13(14)16/h4-7,12H,8-11H2,1-3H3. The normalized spacial score (nSPS) is 15.7. The van der Waals surface area contributed by atoms with E-state index in [4.69, 9.17) is 4.74 Å². The van der Waals surface area contributed by atoms with E-state index >= 15 is 0 Å². The number of pyridine rings is 1. The fourth-order valence-electron chi connectivity index (χ4n) is 2.87. The molecule has 0 saturated carbocycles. The van der Waals surface area contributed by atoms with Gasteiger partial charge in [0.05, 0.1) is 0 Å². The van der Waals surface area contributed by atoms with E-state index in [1.54, 1.807) is 4.90 Å². The number of aromatic nitrogens is 1. The van der Waals surface area contributed by atoms with Crippen molar-refractivity contribution in [3.63, 3.8) is 0 Å². The molecule has 128 valence electrons. The van der Waals surface area contributed by atoms with E-state index in [1.165, 1.54) is 11.1 Å². The topological polar surface area (TPSA) is 45.7 Å². The maximum Gasteiger partial charge on any atom is 0.410 e. The van der Waals surface area contributed by atoms with Crippen molar-refractivity contribution >= 4 is 38.5 Å². The van der Waals surface area contributed by atoms with E-state index in [-0.39, 0.29) is 6.09 Å². The summed E-state index contributed by atoms with van der Waals surface area (Å²) >= 11 is 3.58. The molecule has 1 aromatic carbocycles. The molecular formula is C18H22BrN3O2. The molecule has 0 unspecified atom stereocenters. The van der Waals surface area contributed by atoms with E-state index in [2.05, 4.69) is 37.9 Å². The van der Waals surface area contributed by atoms with E-state index in [1.807, 2.05) is 39.2 Å². The first-order valence-corrected chi connectivity index (χ1v) is 8.89. The van der Waals surface area contributed by atoms with Crippen LogP contribution in [0.1, 0.15) is 20.8 Å². The van der Waals surface area contributed by atoms with Gasteiger partial charge in [-0.05, 0) is 39.0 Å². The zero-order valence-corrected chi connectivity index (χ0v) is 15.8. The third-order valence-electron chi connectivity index (χ3n) is 4.01. The molecule has 1 fully saturated rings. The molecule has 0 atom stereocenters. The van der Waals surface area contributed by atoms with Crippen molar-refractivity contribution in [1.29, 1.82) is 0 Å². The summed E-state index contributed by atoms with van der Waals surface area (Å²) in [5.41, 5.74) is 0.725. The molecule has 0 N–H and O–H groups in total. The Morgan fingerprint density at radius 1 is 1.12 bits per heavy atom. The van der Waals surface area contributed by atoms with Gasteiger partial charge >= 0.3 is 6.09 Å². The van der Waals surface area contributed by atoms with Crippen LogP contribution in [0.2, 0.25) is 0 Å². The summed E-state index contributed by atoms with van der Waals surface area (Å²) in [6.07, 6.45) is 3.46. The Balaban J connectivity index is 1.74. The molecule has 1 aliphatic rings. The summed E-state index contributed by atoms with van der Waals surface area (Å²) in [7, 11) is 0. The van der Waals surface area contributed by atoms with Crippen LogP contribution in [0.4, 0.5) is 10.5 Å². The molecule has 2 aromatic rings. The molecule has 6 heteroatoms. The van der Waals surface area contributed by atoms with Crippen molar-refractivity contribution in [3.8, 4) is 0 Å². The van der Waals surface area contributed by atoms with E-state index in [9.17, 15) is 4.79 Å². The first-order chi connectivity index (χ1) is 11.3. The van der Waals surface area contributed by atoms with Crippen LogP contribution in [-0.4, -0.2) is 47.8 Å². The molecule has 1 saturated heterocycles. The molecule has 1 aromatic heterocycles. The summed E-state index contributed by atoms with van der Waals surface area (Å²) in [4.78, 5) is 20.5. The number of carbonyl (C=O) groups is 1. The largest absolute Gasteiger partial charge is 0.444 e. The molecule has 0 bridgehead atoms. The number of halogens is 1. The summed E-state index contributed by atoms with van der Waals surface area (Å²) in [5, 5.41) is 2.27. The Bertz CT molecular complexity index is 750. The van der Waals surface area contributed by atoms with Gasteiger partial charge in [-0.25, -0.2) is 4.79 Å². The van der Waals surface area contributed by atoms with Crippen LogP contribution >= 0.6 is 15.9 Å². The number of rotatable bonds is 1. The van der Waals surface area contributed by atoms with Gasteiger partial charge in [-0.2, -0.15) is 0 Å². The van der Waals surface area contributed by atoms with Crippen LogP contribution in [0.25, 0.3) is 10.8 Å². The van der Waals surface area contributed by atoms with Crippen LogP contribution < -0.4 is 4.90 Å². The SMILES string of the molecule is CC(C)(C)OC(=O)N1CCN(c2ccc(Br)c3cnccc23)CC1. The number of anilines is 1. The van der Waals surface area contributed by atoms with E-state index < -0.39 is 5.60 Å². The van der Waals surface area contributed by atoms with Crippen LogP contribution in [-0.2, 0) is 4.74 Å². The molecule has 5 nitrogen and oxygen atoms in total. The Labute approximate surface area is 150 Å². The third kappa shape index (κ3) is 3.64. The number of benzene rings is 1. The Morgan fingerprint density at radius 3 is 2.50 bits per heavy atom. The highest BCUT2D eigenvalue weighted by Crippen LogP contribution is 2.32. The average molecular weight is 392 g/mol. The van der Waals surface area contributed by atoms with Crippen LogP contribution in [0.3, 0.4) is 0 Å². The Hall–Kier alpha value is -1.82. The molecule has 0 radical (unpaired) electrons. The Kier molecular flexibility index (Phi) is 4.67. The summed E-state index contributed by atoms with van der Waals surface area (Å²) in [5.74, 6) is 0. The maximum absolute atomic E-state index is 12.2. The van der Waals surface area contributed by atoms with Gasteiger partial charge in [0.1, 0.15) is 5.60 Å². The van der Waals surface area contributed by atoms with Crippen LogP contribution in [0.5, 0.6) is 0 Å². The third-order valence-corrected chi connectivity index (χ3v) is 4.71. The van der Waals surface area contributed by atoms with Gasteiger partial charge in [-0.1, -0.05) is 15.9 Å². The zero-order chi connectivity index (χ0) is 17.3. The minimum atomic E-state index is -0.455. The summed E-state index contributed by atoms with van der Waals surface area (Å²) in [6, 6.07) is 6.21. The molecule has 24 heavy (non-hydrogen) atoms. The van der Waals surface area contributed by atoms with Gasteiger partial charge in [-0.3, -0.25) is 4.98 Å². The van der Waals surface area contributed by atoms with Gasteiger partial charge in [0.25, 0.3) is 0 Å². The van der Waals surface area contributed by atoms with Gasteiger partial charge < -0.3 is 14.5 Å². The van der Waals surface area contributed by atoms with E-state index in [0.29, 0.717) is 13.1 Å². The number of piperazine rings is 1. The number of ether oxygens (including phenoxy) is 1. The lowest BCUT2D eigenvalue weighted by atomic mass is 10.1. The van der Waals surface area contributed by atoms with Gasteiger partial charge in [0.15, 0.2) is 0 Å². The molecule has 1 aliphatic heterocycles. The molecular weight excluding hydrogens is 370 g/mol. The molecule has 0 spiro atoms. The van der Waals surface area contributed by atoms with Crippen molar-refractivity contribution in [2.24, 2.45) is 0 Å². The monoisotopic (exact) mass is 391 g/mol. The second-order valence-corrected chi connectivity index (χ2v) is 7.80.